The third kappa shape index (κ3) is 2.68. The molecule has 0 aliphatic carbocycles. The van der Waals surface area contributed by atoms with E-state index in [1.165, 1.54) is 12.4 Å². The van der Waals surface area contributed by atoms with E-state index in [0.29, 0.717) is 26.8 Å². The summed E-state index contributed by atoms with van der Waals surface area (Å²) in [6.45, 7) is 0. The number of carbonyl (C=O) groups is 1. The number of hydrogen-bond donors (Lipinski definition) is 1. The van der Waals surface area contributed by atoms with Crippen LogP contribution in [-0.2, 0) is 0 Å². The highest BCUT2D eigenvalue weighted by molar-refractivity contribution is 6.36. The molecule has 0 saturated heterocycles. The summed E-state index contributed by atoms with van der Waals surface area (Å²) in [6, 6.07) is 8.62. The van der Waals surface area contributed by atoms with Crippen LogP contribution in [0.3, 0.4) is 0 Å². The van der Waals surface area contributed by atoms with E-state index in [1.54, 1.807) is 30.5 Å². The Balaban J connectivity index is 2.01. The van der Waals surface area contributed by atoms with Crippen LogP contribution in [0.2, 0.25) is 10.0 Å². The SMILES string of the molecule is O=C(Nc1ccc(Cl)c2cccnc12)c1cnccc1Cl. The van der Waals surface area contributed by atoms with Gasteiger partial charge in [0.1, 0.15) is 0 Å². The van der Waals surface area contributed by atoms with E-state index in [1.807, 2.05) is 6.07 Å². The van der Waals surface area contributed by atoms with Crippen LogP contribution in [0.5, 0.6) is 0 Å². The number of nitrogens with zero attached hydrogens (tertiary/aromatic N) is 2. The highest BCUT2D eigenvalue weighted by Gasteiger charge is 2.13. The minimum absolute atomic E-state index is 0.304. The predicted molar refractivity (Wildman–Crippen MR) is 84.0 cm³/mol. The molecule has 0 fully saturated rings. The maximum absolute atomic E-state index is 12.3. The highest BCUT2D eigenvalue weighted by Crippen LogP contribution is 2.28. The number of benzene rings is 1. The van der Waals surface area contributed by atoms with Gasteiger partial charge in [0.2, 0.25) is 0 Å². The van der Waals surface area contributed by atoms with Crippen LogP contribution in [0.25, 0.3) is 10.9 Å². The van der Waals surface area contributed by atoms with E-state index in [4.69, 9.17) is 23.2 Å². The molecule has 0 atom stereocenters. The number of anilines is 1. The van der Waals surface area contributed by atoms with Crippen molar-refractivity contribution in [3.8, 4) is 0 Å². The van der Waals surface area contributed by atoms with Crippen molar-refractivity contribution in [3.63, 3.8) is 0 Å². The first-order chi connectivity index (χ1) is 10.2. The van der Waals surface area contributed by atoms with Gasteiger partial charge in [-0.2, -0.15) is 0 Å². The van der Waals surface area contributed by atoms with Crippen molar-refractivity contribution in [2.24, 2.45) is 0 Å². The molecule has 0 bridgehead atoms. The highest BCUT2D eigenvalue weighted by atomic mass is 35.5. The maximum Gasteiger partial charge on any atom is 0.258 e. The predicted octanol–water partition coefficient (Wildman–Crippen LogP) is 4.19. The third-order valence-corrected chi connectivity index (χ3v) is 3.64. The number of amides is 1. The first-order valence-electron chi connectivity index (χ1n) is 6.11. The van der Waals surface area contributed by atoms with Crippen LogP contribution in [0.15, 0.2) is 48.9 Å². The Kier molecular flexibility index (Phi) is 3.73. The summed E-state index contributed by atoms with van der Waals surface area (Å²) in [5.74, 6) is -0.345. The molecular formula is C15H9Cl2N3O. The zero-order valence-electron chi connectivity index (χ0n) is 10.7. The molecule has 4 nitrogen and oxygen atoms in total. The minimum atomic E-state index is -0.345. The monoisotopic (exact) mass is 317 g/mol. The van der Waals surface area contributed by atoms with Gasteiger partial charge in [-0.05, 0) is 30.3 Å². The fourth-order valence-corrected chi connectivity index (χ4v) is 2.38. The van der Waals surface area contributed by atoms with Gasteiger partial charge in [-0.15, -0.1) is 0 Å². The van der Waals surface area contributed by atoms with Crippen molar-refractivity contribution in [2.75, 3.05) is 5.32 Å². The minimum Gasteiger partial charge on any atom is -0.320 e. The summed E-state index contributed by atoms with van der Waals surface area (Å²) in [5.41, 5.74) is 1.50. The first-order valence-corrected chi connectivity index (χ1v) is 6.86. The van der Waals surface area contributed by atoms with Crippen molar-refractivity contribution in [3.05, 3.63) is 64.5 Å². The van der Waals surface area contributed by atoms with Gasteiger partial charge in [0, 0.05) is 24.0 Å². The Morgan fingerprint density at radius 2 is 1.90 bits per heavy atom. The van der Waals surface area contributed by atoms with Crippen LogP contribution in [0.1, 0.15) is 10.4 Å². The van der Waals surface area contributed by atoms with Gasteiger partial charge in [0.15, 0.2) is 0 Å². The van der Waals surface area contributed by atoms with E-state index in [9.17, 15) is 4.79 Å². The van der Waals surface area contributed by atoms with E-state index in [0.717, 1.165) is 5.39 Å². The lowest BCUT2D eigenvalue weighted by Crippen LogP contribution is -2.13. The summed E-state index contributed by atoms with van der Waals surface area (Å²) in [6.07, 6.45) is 4.59. The number of pyridine rings is 2. The number of carbonyl (C=O) groups excluding carboxylic acids is 1. The van der Waals surface area contributed by atoms with Gasteiger partial charge in [-0.25, -0.2) is 0 Å². The second kappa shape index (κ2) is 5.68. The molecule has 21 heavy (non-hydrogen) atoms. The van der Waals surface area contributed by atoms with Crippen LogP contribution in [0.4, 0.5) is 5.69 Å². The zero-order chi connectivity index (χ0) is 14.8. The normalized spacial score (nSPS) is 10.6. The maximum atomic E-state index is 12.3. The smallest absolute Gasteiger partial charge is 0.258 e. The molecule has 0 spiro atoms. The van der Waals surface area contributed by atoms with Crippen LogP contribution < -0.4 is 5.32 Å². The van der Waals surface area contributed by atoms with Gasteiger partial charge in [0.25, 0.3) is 5.91 Å². The molecule has 0 radical (unpaired) electrons. The van der Waals surface area contributed by atoms with E-state index in [-0.39, 0.29) is 5.91 Å². The summed E-state index contributed by atoms with van der Waals surface area (Å²) in [4.78, 5) is 20.4. The largest absolute Gasteiger partial charge is 0.320 e. The molecule has 0 aliphatic rings. The van der Waals surface area contributed by atoms with Gasteiger partial charge < -0.3 is 5.32 Å². The van der Waals surface area contributed by atoms with Gasteiger partial charge in [-0.3, -0.25) is 14.8 Å². The lowest BCUT2D eigenvalue weighted by Gasteiger charge is -2.09. The number of aromatic nitrogens is 2. The summed E-state index contributed by atoms with van der Waals surface area (Å²) >= 11 is 12.1. The number of halogens is 2. The molecular weight excluding hydrogens is 309 g/mol. The Labute approximate surface area is 130 Å². The van der Waals surface area contributed by atoms with Crippen molar-refractivity contribution in [1.29, 1.82) is 0 Å². The molecule has 104 valence electrons. The number of rotatable bonds is 2. The molecule has 2 aromatic heterocycles. The molecule has 2 heterocycles. The molecule has 0 unspecified atom stereocenters. The fourth-order valence-electron chi connectivity index (χ4n) is 1.97. The zero-order valence-corrected chi connectivity index (χ0v) is 12.2. The van der Waals surface area contributed by atoms with Gasteiger partial charge in [-0.1, -0.05) is 23.2 Å². The third-order valence-electron chi connectivity index (χ3n) is 2.98. The van der Waals surface area contributed by atoms with E-state index < -0.39 is 0 Å². The molecule has 1 aromatic carbocycles. The summed E-state index contributed by atoms with van der Waals surface area (Å²) < 4.78 is 0. The Morgan fingerprint density at radius 3 is 2.71 bits per heavy atom. The second-order valence-corrected chi connectivity index (χ2v) is 5.12. The molecule has 0 saturated carbocycles. The summed E-state index contributed by atoms with van der Waals surface area (Å²) in [7, 11) is 0. The fraction of sp³-hybridized carbons (Fsp3) is 0. The lowest BCUT2D eigenvalue weighted by molar-refractivity contribution is 0.102. The van der Waals surface area contributed by atoms with E-state index in [2.05, 4.69) is 15.3 Å². The Morgan fingerprint density at radius 1 is 1.05 bits per heavy atom. The van der Waals surface area contributed by atoms with Crippen molar-refractivity contribution in [2.45, 2.75) is 0 Å². The Bertz CT molecular complexity index is 836. The van der Waals surface area contributed by atoms with Crippen molar-refractivity contribution >= 4 is 45.7 Å². The molecule has 3 rings (SSSR count). The first kappa shape index (κ1) is 13.8. The van der Waals surface area contributed by atoms with Crippen molar-refractivity contribution < 1.29 is 4.79 Å². The van der Waals surface area contributed by atoms with Crippen molar-refractivity contribution in [1.82, 2.24) is 9.97 Å². The lowest BCUT2D eigenvalue weighted by atomic mass is 10.2. The van der Waals surface area contributed by atoms with Gasteiger partial charge >= 0.3 is 0 Å². The molecule has 6 heteroatoms. The summed E-state index contributed by atoms with van der Waals surface area (Å²) in [5, 5.41) is 4.48. The average Bonchev–Trinajstić information content (AvgIpc) is 2.51. The second-order valence-electron chi connectivity index (χ2n) is 4.30. The average molecular weight is 318 g/mol. The number of nitrogens with one attached hydrogen (secondary N) is 1. The molecule has 3 aromatic rings. The van der Waals surface area contributed by atoms with Crippen LogP contribution in [0, 0.1) is 0 Å². The topological polar surface area (TPSA) is 54.9 Å². The van der Waals surface area contributed by atoms with Crippen LogP contribution in [-0.4, -0.2) is 15.9 Å². The Hall–Kier alpha value is -2.17. The molecule has 1 amide bonds. The number of hydrogen-bond acceptors (Lipinski definition) is 3. The molecule has 1 N–H and O–H groups in total. The molecule has 0 aliphatic heterocycles. The number of fused-ring (bicyclic) bond motifs is 1. The van der Waals surface area contributed by atoms with Crippen LogP contribution >= 0.6 is 23.2 Å². The van der Waals surface area contributed by atoms with E-state index >= 15 is 0 Å². The van der Waals surface area contributed by atoms with Gasteiger partial charge in [0.05, 0.1) is 26.8 Å². The standard InChI is InChI=1S/C15H9Cl2N3O/c16-11-3-4-13(14-9(11)2-1-6-19-14)20-15(21)10-8-18-7-5-12(10)17/h1-8H,(H,20,21). The quantitative estimate of drug-likeness (QED) is 0.771.